The highest BCUT2D eigenvalue weighted by Gasteiger charge is 2.19. The summed E-state index contributed by atoms with van der Waals surface area (Å²) in [5, 5.41) is 3.36. The fourth-order valence-corrected chi connectivity index (χ4v) is 1.87. The van der Waals surface area contributed by atoms with Crippen LogP contribution >= 0.6 is 0 Å². The molecule has 5 heteroatoms. The first-order valence-corrected chi connectivity index (χ1v) is 7.34. The Morgan fingerprint density at radius 1 is 1.50 bits per heavy atom. The highest BCUT2D eigenvalue weighted by atomic mass is 16.6. The zero-order valence-corrected chi connectivity index (χ0v) is 13.1. The first-order valence-electron chi connectivity index (χ1n) is 7.34. The van der Waals surface area contributed by atoms with E-state index in [1.165, 1.54) is 0 Å². The van der Waals surface area contributed by atoms with Gasteiger partial charge in [0.1, 0.15) is 11.7 Å². The van der Waals surface area contributed by atoms with Gasteiger partial charge in [-0.2, -0.15) is 0 Å². The minimum absolute atomic E-state index is 0.266. The second kappa shape index (κ2) is 8.15. The van der Waals surface area contributed by atoms with Crippen molar-refractivity contribution in [3.05, 3.63) is 12.3 Å². The molecule has 0 bridgehead atoms. The van der Waals surface area contributed by atoms with Crippen molar-refractivity contribution in [3.63, 3.8) is 0 Å². The molecule has 0 aliphatic carbocycles. The molecule has 1 aliphatic rings. The van der Waals surface area contributed by atoms with Crippen LogP contribution in [0, 0.1) is 0 Å². The van der Waals surface area contributed by atoms with E-state index in [0.717, 1.165) is 32.4 Å². The van der Waals surface area contributed by atoms with E-state index in [1.54, 1.807) is 18.2 Å². The molecule has 1 unspecified atom stereocenters. The number of nitrogens with one attached hydrogen (secondary N) is 1. The number of amides is 1. The Labute approximate surface area is 122 Å². The molecule has 0 spiro atoms. The number of ether oxygens (including phenoxy) is 2. The monoisotopic (exact) mass is 284 g/mol. The summed E-state index contributed by atoms with van der Waals surface area (Å²) in [5.41, 5.74) is -0.435. The maximum atomic E-state index is 11.7. The quantitative estimate of drug-likeness (QED) is 0.762. The number of hydrogen-bond acceptors (Lipinski definition) is 4. The summed E-state index contributed by atoms with van der Waals surface area (Å²) in [4.78, 5) is 13.3. The molecular formula is C15H28N2O3. The fraction of sp³-hybridized carbons (Fsp3) is 0.800. The zero-order valence-electron chi connectivity index (χ0n) is 13.1. The van der Waals surface area contributed by atoms with Crippen LogP contribution < -0.4 is 5.32 Å². The van der Waals surface area contributed by atoms with E-state index in [9.17, 15) is 4.79 Å². The molecular weight excluding hydrogens is 256 g/mol. The molecule has 1 rings (SSSR count). The van der Waals surface area contributed by atoms with Gasteiger partial charge in [0.15, 0.2) is 0 Å². The highest BCUT2D eigenvalue weighted by Crippen LogP contribution is 2.10. The minimum atomic E-state index is -0.435. The fourth-order valence-electron chi connectivity index (χ4n) is 1.87. The number of carbonyl (C=O) groups is 1. The topological polar surface area (TPSA) is 50.8 Å². The number of hydrogen-bond donors (Lipinski definition) is 1. The second-order valence-corrected chi connectivity index (χ2v) is 6.17. The molecule has 5 nitrogen and oxygen atoms in total. The third-order valence-corrected chi connectivity index (χ3v) is 2.95. The smallest absolute Gasteiger partial charge is 0.410 e. The minimum Gasteiger partial charge on any atom is -0.497 e. The summed E-state index contributed by atoms with van der Waals surface area (Å²) in [6.07, 6.45) is 6.91. The van der Waals surface area contributed by atoms with Crippen LogP contribution in [-0.2, 0) is 9.47 Å². The lowest BCUT2D eigenvalue weighted by molar-refractivity contribution is 0.0296. The van der Waals surface area contributed by atoms with E-state index < -0.39 is 5.60 Å². The van der Waals surface area contributed by atoms with Gasteiger partial charge in [-0.15, -0.1) is 0 Å². The molecule has 0 saturated carbocycles. The van der Waals surface area contributed by atoms with Crippen LogP contribution in [0.15, 0.2) is 12.3 Å². The number of allylic oxidation sites excluding steroid dienone is 1. The van der Waals surface area contributed by atoms with Gasteiger partial charge in [0.05, 0.1) is 6.26 Å². The average molecular weight is 284 g/mol. The largest absolute Gasteiger partial charge is 0.497 e. The molecule has 1 aliphatic heterocycles. The lowest BCUT2D eigenvalue weighted by atomic mass is 10.1. The van der Waals surface area contributed by atoms with Crippen molar-refractivity contribution in [2.75, 3.05) is 26.7 Å². The molecule has 1 atom stereocenters. The van der Waals surface area contributed by atoms with E-state index in [4.69, 9.17) is 9.47 Å². The van der Waals surface area contributed by atoms with Crippen LogP contribution in [0.5, 0.6) is 0 Å². The van der Waals surface area contributed by atoms with Crippen LogP contribution in [0.1, 0.15) is 40.0 Å². The predicted molar refractivity (Wildman–Crippen MR) is 79.6 cm³/mol. The second-order valence-electron chi connectivity index (χ2n) is 6.17. The average Bonchev–Trinajstić information content (AvgIpc) is 2.37. The van der Waals surface area contributed by atoms with Crippen molar-refractivity contribution < 1.29 is 14.3 Å². The number of rotatable bonds is 6. The van der Waals surface area contributed by atoms with Gasteiger partial charge >= 0.3 is 6.09 Å². The molecule has 0 aromatic rings. The molecule has 1 heterocycles. The van der Waals surface area contributed by atoms with Gasteiger partial charge in [0, 0.05) is 20.1 Å². The lowest BCUT2D eigenvalue weighted by Gasteiger charge is -2.24. The molecule has 0 aromatic carbocycles. The van der Waals surface area contributed by atoms with Crippen LogP contribution in [0.3, 0.4) is 0 Å². The highest BCUT2D eigenvalue weighted by molar-refractivity contribution is 5.67. The normalized spacial score (nSPS) is 18.5. The van der Waals surface area contributed by atoms with Crippen LogP contribution in [0.25, 0.3) is 0 Å². The summed E-state index contributed by atoms with van der Waals surface area (Å²) in [7, 11) is 1.77. The van der Waals surface area contributed by atoms with Crippen LogP contribution in [0.4, 0.5) is 4.79 Å². The summed E-state index contributed by atoms with van der Waals surface area (Å²) in [6.45, 7) is 8.04. The maximum Gasteiger partial charge on any atom is 0.410 e. The van der Waals surface area contributed by atoms with E-state index in [-0.39, 0.29) is 12.2 Å². The van der Waals surface area contributed by atoms with Gasteiger partial charge in [0.2, 0.25) is 0 Å². The molecule has 0 aromatic heterocycles. The molecule has 1 amide bonds. The van der Waals surface area contributed by atoms with Crippen molar-refractivity contribution in [2.24, 2.45) is 0 Å². The SMILES string of the molecule is CN(CCCNCC1CCC=CO1)C(=O)OC(C)(C)C. The Kier molecular flexibility index (Phi) is 6.85. The van der Waals surface area contributed by atoms with Crippen molar-refractivity contribution in [1.82, 2.24) is 10.2 Å². The standard InChI is InChI=1S/C15H28N2O3/c1-15(2,3)20-14(18)17(4)10-7-9-16-12-13-8-5-6-11-19-13/h6,11,13,16H,5,7-10,12H2,1-4H3. The van der Waals surface area contributed by atoms with Gasteiger partial charge in [-0.05, 0) is 52.7 Å². The predicted octanol–water partition coefficient (Wildman–Crippen LogP) is 2.53. The van der Waals surface area contributed by atoms with Gasteiger partial charge in [-0.25, -0.2) is 4.79 Å². The first-order chi connectivity index (χ1) is 9.38. The van der Waals surface area contributed by atoms with E-state index in [1.807, 2.05) is 26.8 Å². The van der Waals surface area contributed by atoms with E-state index >= 15 is 0 Å². The lowest BCUT2D eigenvalue weighted by Crippen LogP contribution is -2.36. The third kappa shape index (κ3) is 7.38. The molecule has 0 saturated heterocycles. The maximum absolute atomic E-state index is 11.7. The van der Waals surface area contributed by atoms with E-state index in [2.05, 4.69) is 5.32 Å². The number of carbonyl (C=O) groups excluding carboxylic acids is 1. The molecule has 1 N–H and O–H groups in total. The van der Waals surface area contributed by atoms with Crippen molar-refractivity contribution >= 4 is 6.09 Å². The molecule has 116 valence electrons. The Hall–Kier alpha value is -1.23. The van der Waals surface area contributed by atoms with Crippen LogP contribution in [0.2, 0.25) is 0 Å². The zero-order chi connectivity index (χ0) is 15.0. The molecule has 0 fully saturated rings. The Morgan fingerprint density at radius 2 is 2.25 bits per heavy atom. The van der Waals surface area contributed by atoms with Gasteiger partial charge in [-0.1, -0.05) is 0 Å². The van der Waals surface area contributed by atoms with E-state index in [0.29, 0.717) is 6.54 Å². The Balaban J connectivity index is 2.05. The Bertz CT molecular complexity index is 324. The summed E-state index contributed by atoms with van der Waals surface area (Å²) in [6, 6.07) is 0. The Morgan fingerprint density at radius 3 is 2.85 bits per heavy atom. The summed E-state index contributed by atoms with van der Waals surface area (Å²) in [5.74, 6) is 0. The van der Waals surface area contributed by atoms with Gasteiger partial charge in [0.25, 0.3) is 0 Å². The van der Waals surface area contributed by atoms with Gasteiger partial charge in [-0.3, -0.25) is 0 Å². The van der Waals surface area contributed by atoms with Crippen molar-refractivity contribution in [3.8, 4) is 0 Å². The van der Waals surface area contributed by atoms with Gasteiger partial charge < -0.3 is 19.7 Å². The summed E-state index contributed by atoms with van der Waals surface area (Å²) < 4.78 is 10.8. The molecule has 0 radical (unpaired) electrons. The summed E-state index contributed by atoms with van der Waals surface area (Å²) >= 11 is 0. The molecule has 20 heavy (non-hydrogen) atoms. The first kappa shape index (κ1) is 16.8. The number of nitrogens with zero attached hydrogens (tertiary/aromatic N) is 1. The van der Waals surface area contributed by atoms with Crippen molar-refractivity contribution in [2.45, 2.75) is 51.7 Å². The van der Waals surface area contributed by atoms with Crippen molar-refractivity contribution in [1.29, 1.82) is 0 Å². The van der Waals surface area contributed by atoms with Crippen LogP contribution in [-0.4, -0.2) is 49.4 Å². The third-order valence-electron chi connectivity index (χ3n) is 2.95.